The maximum absolute atomic E-state index is 12.4. The Morgan fingerprint density at radius 2 is 2.07 bits per heavy atom. The fourth-order valence-corrected chi connectivity index (χ4v) is 3.97. The van der Waals surface area contributed by atoms with E-state index in [2.05, 4.69) is 34.7 Å². The molecule has 0 fully saturated rings. The second-order valence-corrected chi connectivity index (χ2v) is 7.35. The van der Waals surface area contributed by atoms with E-state index in [0.29, 0.717) is 6.54 Å². The van der Waals surface area contributed by atoms with Crippen LogP contribution in [0.25, 0.3) is 22.3 Å². The van der Waals surface area contributed by atoms with Gasteiger partial charge in [-0.15, -0.1) is 0 Å². The summed E-state index contributed by atoms with van der Waals surface area (Å²) >= 11 is 0. The van der Waals surface area contributed by atoms with Crippen molar-refractivity contribution < 1.29 is 4.79 Å². The first-order valence-electron chi connectivity index (χ1n) is 9.32. The molecule has 136 valence electrons. The molecule has 1 aromatic carbocycles. The number of aromatic nitrogens is 3. The number of hydrogen-bond donors (Lipinski definition) is 3. The van der Waals surface area contributed by atoms with Crippen molar-refractivity contribution in [3.05, 3.63) is 53.4 Å². The first kappa shape index (κ1) is 16.1. The smallest absolute Gasteiger partial charge is 0.253 e. The first-order valence-corrected chi connectivity index (χ1v) is 9.32. The topological polar surface area (TPSA) is 82.7 Å². The summed E-state index contributed by atoms with van der Waals surface area (Å²) in [5.74, 6) is 1.02. The van der Waals surface area contributed by atoms with Crippen LogP contribution in [-0.2, 0) is 0 Å². The number of hydrogen-bond acceptors (Lipinski definition) is 4. The van der Waals surface area contributed by atoms with E-state index in [9.17, 15) is 4.79 Å². The molecule has 2 aliphatic heterocycles. The summed E-state index contributed by atoms with van der Waals surface area (Å²) in [6.45, 7) is 4.72. The molecular weight excluding hydrogens is 338 g/mol. The molecule has 1 amide bonds. The minimum absolute atomic E-state index is 0.0160. The highest BCUT2D eigenvalue weighted by Crippen LogP contribution is 2.34. The number of aromatic amines is 1. The molecule has 4 bridgehead atoms. The van der Waals surface area contributed by atoms with Gasteiger partial charge in [-0.3, -0.25) is 4.79 Å². The molecule has 6 nitrogen and oxygen atoms in total. The molecule has 0 aliphatic carbocycles. The zero-order chi connectivity index (χ0) is 18.5. The van der Waals surface area contributed by atoms with Gasteiger partial charge in [0.15, 0.2) is 0 Å². The number of rotatable bonds is 0. The molecule has 2 aliphatic rings. The van der Waals surface area contributed by atoms with Crippen LogP contribution < -0.4 is 10.6 Å². The Bertz CT molecular complexity index is 1100. The van der Waals surface area contributed by atoms with Crippen molar-refractivity contribution >= 4 is 22.8 Å². The highest BCUT2D eigenvalue weighted by molar-refractivity contribution is 6.00. The standard InChI is InChI=1S/C21H21N5O/c1-11-5-3-6-13-10-22-21(27)15-9-17(25-18(13)15)14-7-4-8-16-19(14)26-20(23-11)12(2)24-16/h3-5,7-9,11,13,25H,6,10H2,1-2H3,(H,22,27)(H,23,26). The van der Waals surface area contributed by atoms with Crippen LogP contribution in [0.1, 0.15) is 41.0 Å². The van der Waals surface area contributed by atoms with Crippen LogP contribution in [0.4, 0.5) is 5.82 Å². The summed E-state index contributed by atoms with van der Waals surface area (Å²) in [6.07, 6.45) is 5.19. The monoisotopic (exact) mass is 359 g/mol. The molecule has 27 heavy (non-hydrogen) atoms. The largest absolute Gasteiger partial charge is 0.363 e. The molecule has 0 saturated heterocycles. The molecule has 2 aromatic heterocycles. The number of nitrogens with one attached hydrogen (secondary N) is 3. The number of para-hydroxylation sites is 1. The van der Waals surface area contributed by atoms with Gasteiger partial charge in [0.1, 0.15) is 11.3 Å². The van der Waals surface area contributed by atoms with E-state index >= 15 is 0 Å². The van der Waals surface area contributed by atoms with Gasteiger partial charge in [0.2, 0.25) is 0 Å². The molecule has 3 N–H and O–H groups in total. The van der Waals surface area contributed by atoms with Gasteiger partial charge < -0.3 is 15.6 Å². The lowest BCUT2D eigenvalue weighted by Crippen LogP contribution is -2.34. The lowest BCUT2D eigenvalue weighted by atomic mass is 9.94. The van der Waals surface area contributed by atoms with Gasteiger partial charge in [0.05, 0.1) is 16.8 Å². The van der Waals surface area contributed by atoms with Crippen molar-refractivity contribution in [2.75, 3.05) is 11.9 Å². The molecule has 0 saturated carbocycles. The van der Waals surface area contributed by atoms with Crippen LogP contribution in [0.15, 0.2) is 36.4 Å². The molecule has 2 atom stereocenters. The Hall–Kier alpha value is -3.15. The molecule has 6 heteroatoms. The second-order valence-electron chi connectivity index (χ2n) is 7.35. The number of H-pyrrole nitrogens is 1. The van der Waals surface area contributed by atoms with Crippen molar-refractivity contribution in [1.82, 2.24) is 20.3 Å². The van der Waals surface area contributed by atoms with Crippen molar-refractivity contribution in [2.24, 2.45) is 0 Å². The zero-order valence-electron chi connectivity index (χ0n) is 15.3. The van der Waals surface area contributed by atoms with E-state index in [1.165, 1.54) is 0 Å². The van der Waals surface area contributed by atoms with Crippen molar-refractivity contribution in [3.8, 4) is 11.3 Å². The van der Waals surface area contributed by atoms with Gasteiger partial charge in [0.25, 0.3) is 5.91 Å². The van der Waals surface area contributed by atoms with Crippen LogP contribution in [-0.4, -0.2) is 33.4 Å². The van der Waals surface area contributed by atoms with Crippen LogP contribution in [0, 0.1) is 6.92 Å². The van der Waals surface area contributed by atoms with Crippen LogP contribution in [0.5, 0.6) is 0 Å². The molecular formula is C21H21N5O. The Balaban J connectivity index is 1.80. The highest BCUT2D eigenvalue weighted by atomic mass is 16.1. The Morgan fingerprint density at radius 1 is 1.19 bits per heavy atom. The van der Waals surface area contributed by atoms with E-state index in [-0.39, 0.29) is 17.9 Å². The Kier molecular flexibility index (Phi) is 3.53. The molecule has 0 spiro atoms. The normalized spacial score (nSPS) is 21.2. The lowest BCUT2D eigenvalue weighted by molar-refractivity contribution is 0.0940. The second kappa shape index (κ2) is 5.94. The summed E-state index contributed by atoms with van der Waals surface area (Å²) in [4.78, 5) is 25.5. The van der Waals surface area contributed by atoms with E-state index in [4.69, 9.17) is 9.97 Å². The number of carbonyl (C=O) groups excluding carboxylic acids is 1. The number of carbonyl (C=O) groups is 1. The number of allylic oxidation sites excluding steroid dienone is 1. The van der Waals surface area contributed by atoms with E-state index in [1.807, 2.05) is 31.2 Å². The van der Waals surface area contributed by atoms with Crippen molar-refractivity contribution in [3.63, 3.8) is 0 Å². The predicted octanol–water partition coefficient (Wildman–Crippen LogP) is 3.52. The molecule has 0 radical (unpaired) electrons. The number of anilines is 1. The Labute approximate surface area is 157 Å². The van der Waals surface area contributed by atoms with Gasteiger partial charge in [-0.25, -0.2) is 9.97 Å². The third-order valence-corrected chi connectivity index (χ3v) is 5.38. The van der Waals surface area contributed by atoms with Crippen LogP contribution in [0.3, 0.4) is 0 Å². The van der Waals surface area contributed by atoms with Gasteiger partial charge in [-0.1, -0.05) is 24.3 Å². The highest BCUT2D eigenvalue weighted by Gasteiger charge is 2.28. The third kappa shape index (κ3) is 2.60. The number of nitrogens with zero attached hydrogens (tertiary/aromatic N) is 2. The number of aryl methyl sites for hydroxylation is 1. The van der Waals surface area contributed by atoms with Crippen LogP contribution >= 0.6 is 0 Å². The summed E-state index contributed by atoms with van der Waals surface area (Å²) < 4.78 is 0. The van der Waals surface area contributed by atoms with E-state index in [0.717, 1.165) is 51.5 Å². The first-order chi connectivity index (χ1) is 13.1. The number of amides is 1. The number of fused-ring (bicyclic) bond motifs is 3. The van der Waals surface area contributed by atoms with Crippen molar-refractivity contribution in [2.45, 2.75) is 32.2 Å². The predicted molar refractivity (Wildman–Crippen MR) is 106 cm³/mol. The summed E-state index contributed by atoms with van der Waals surface area (Å²) in [6, 6.07) is 8.07. The maximum Gasteiger partial charge on any atom is 0.253 e. The van der Waals surface area contributed by atoms with Crippen molar-refractivity contribution in [1.29, 1.82) is 0 Å². The fourth-order valence-electron chi connectivity index (χ4n) is 3.97. The fraction of sp³-hybridized carbons (Fsp3) is 0.286. The summed E-state index contributed by atoms with van der Waals surface area (Å²) in [7, 11) is 0. The van der Waals surface area contributed by atoms with E-state index in [1.54, 1.807) is 0 Å². The zero-order valence-corrected chi connectivity index (χ0v) is 15.3. The van der Waals surface area contributed by atoms with Gasteiger partial charge >= 0.3 is 0 Å². The van der Waals surface area contributed by atoms with Gasteiger partial charge in [-0.2, -0.15) is 0 Å². The lowest BCUT2D eigenvalue weighted by Gasteiger charge is -2.22. The SMILES string of the molecule is Cc1nc2cccc3c2nc1NC(C)C=CCC1CNC(=O)c2cc-3[nH]c21. The van der Waals surface area contributed by atoms with Gasteiger partial charge in [-0.05, 0) is 32.4 Å². The molecule has 4 heterocycles. The molecule has 3 aromatic rings. The molecule has 5 rings (SSSR count). The average molecular weight is 359 g/mol. The summed E-state index contributed by atoms with van der Waals surface area (Å²) in [5, 5.41) is 6.47. The quantitative estimate of drug-likeness (QED) is 0.536. The Morgan fingerprint density at radius 3 is 2.96 bits per heavy atom. The van der Waals surface area contributed by atoms with Gasteiger partial charge in [0, 0.05) is 35.5 Å². The average Bonchev–Trinajstić information content (AvgIpc) is 3.09. The van der Waals surface area contributed by atoms with E-state index < -0.39 is 0 Å². The van der Waals surface area contributed by atoms with Crippen LogP contribution in [0.2, 0.25) is 0 Å². The third-order valence-electron chi connectivity index (χ3n) is 5.38. The molecule has 2 unspecified atom stereocenters. The minimum Gasteiger partial charge on any atom is -0.363 e. The minimum atomic E-state index is -0.0160. The maximum atomic E-state index is 12.4. The number of benzene rings is 1. The summed E-state index contributed by atoms with van der Waals surface area (Å²) in [5.41, 5.74) is 6.17.